The Labute approximate surface area is 80.6 Å². The fourth-order valence-electron chi connectivity index (χ4n) is 1.05. The van der Waals surface area contributed by atoms with E-state index in [-0.39, 0.29) is 26.0 Å². The number of aromatic nitrogens is 2. The first-order valence-electron chi connectivity index (χ1n) is 3.58. The van der Waals surface area contributed by atoms with Gasteiger partial charge in [0.25, 0.3) is 0 Å². The topological polar surface area (TPSA) is 17.8 Å². The van der Waals surface area contributed by atoms with Crippen LogP contribution in [0.4, 0.5) is 0 Å². The van der Waals surface area contributed by atoms with Crippen LogP contribution in [-0.2, 0) is 26.0 Å². The zero-order chi connectivity index (χ0) is 7.19. The molecule has 1 fully saturated rings. The molecule has 0 N–H and O–H groups in total. The summed E-state index contributed by atoms with van der Waals surface area (Å²) in [5, 5.41) is 4.20. The second-order valence-corrected chi connectivity index (χ2v) is 3.19. The summed E-state index contributed by atoms with van der Waals surface area (Å²) in [6.07, 6.45) is 6.29. The minimum atomic E-state index is 0. The number of hydrogen-bond acceptors (Lipinski definition) is 1. The van der Waals surface area contributed by atoms with Gasteiger partial charge in [0.05, 0.1) is 6.20 Å². The van der Waals surface area contributed by atoms with Crippen LogP contribution in [0.25, 0.3) is 0 Å². The van der Waals surface area contributed by atoms with E-state index >= 15 is 0 Å². The van der Waals surface area contributed by atoms with Gasteiger partial charge in [-0.3, -0.25) is 4.68 Å². The Morgan fingerprint density at radius 3 is 2.64 bits per heavy atom. The molecule has 1 aromatic rings. The normalized spacial score (nSPS) is 19.1. The van der Waals surface area contributed by atoms with Crippen LogP contribution in [-0.4, -0.2) is 9.78 Å². The molecule has 2 nitrogen and oxygen atoms in total. The number of hydrogen-bond donors (Lipinski definition) is 0. The van der Waals surface area contributed by atoms with Crippen LogP contribution in [0.5, 0.6) is 0 Å². The summed E-state index contributed by atoms with van der Waals surface area (Å²) in [5.74, 6) is 0. The molecule has 0 atom stereocenters. The molecule has 1 saturated carbocycles. The predicted molar refractivity (Wildman–Crippen MR) is 39.5 cm³/mol. The molecule has 0 aliphatic heterocycles. The summed E-state index contributed by atoms with van der Waals surface area (Å²) in [5.41, 5.74) is 1.34. The van der Waals surface area contributed by atoms with Gasteiger partial charge in [0.1, 0.15) is 0 Å². The fraction of sp³-hybridized carbons (Fsp3) is 0.500. The Morgan fingerprint density at radius 2 is 2.27 bits per heavy atom. The molecule has 2 rings (SSSR count). The van der Waals surface area contributed by atoms with Crippen LogP contribution >= 0.6 is 0 Å². The Morgan fingerprint density at radius 1 is 1.64 bits per heavy atom. The van der Waals surface area contributed by atoms with E-state index in [0.29, 0.717) is 0 Å². The van der Waals surface area contributed by atoms with Crippen LogP contribution in [0, 0.1) is 13.8 Å². The van der Waals surface area contributed by atoms with Crippen molar-refractivity contribution in [1.29, 1.82) is 0 Å². The average Bonchev–Trinajstić information content (AvgIpc) is 2.45. The second-order valence-electron chi connectivity index (χ2n) is 3.19. The second kappa shape index (κ2) is 2.73. The first-order chi connectivity index (χ1) is 4.71. The van der Waals surface area contributed by atoms with Gasteiger partial charge in [-0.15, -0.1) is 0 Å². The maximum Gasteiger partial charge on any atom is 0.0518 e. The van der Waals surface area contributed by atoms with Crippen molar-refractivity contribution in [2.24, 2.45) is 0 Å². The van der Waals surface area contributed by atoms with Crippen molar-refractivity contribution in [2.45, 2.75) is 25.3 Å². The standard InChI is InChI=1S/C8H11N2.Re/c1-7-5-9-10(6-7)8(2)3-4-8;/h5-6H,2-4H2,1H3;/q-1;. The van der Waals surface area contributed by atoms with E-state index in [4.69, 9.17) is 0 Å². The molecule has 0 amide bonds. The zero-order valence-electron chi connectivity index (χ0n) is 6.55. The molecule has 0 unspecified atom stereocenters. The largest absolute Gasteiger partial charge is 0.316 e. The van der Waals surface area contributed by atoms with Gasteiger partial charge in [-0.1, -0.05) is 18.4 Å². The van der Waals surface area contributed by atoms with Crippen molar-refractivity contribution in [3.8, 4) is 0 Å². The average molecular weight is 321 g/mol. The van der Waals surface area contributed by atoms with E-state index < -0.39 is 0 Å². The van der Waals surface area contributed by atoms with Crippen LogP contribution in [0.15, 0.2) is 12.4 Å². The zero-order valence-corrected chi connectivity index (χ0v) is 9.26. The number of aryl methyl sites for hydroxylation is 1. The molecule has 61 valence electrons. The first-order valence-corrected chi connectivity index (χ1v) is 3.58. The monoisotopic (exact) mass is 322 g/mol. The molecular weight excluding hydrogens is 310 g/mol. The Hall–Kier alpha value is -0.128. The fourth-order valence-corrected chi connectivity index (χ4v) is 1.05. The van der Waals surface area contributed by atoms with Gasteiger partial charge in [-0.05, 0) is 12.5 Å². The molecule has 0 saturated heterocycles. The van der Waals surface area contributed by atoms with Gasteiger partial charge >= 0.3 is 0 Å². The third-order valence-electron chi connectivity index (χ3n) is 2.02. The summed E-state index contributed by atoms with van der Waals surface area (Å²) in [6.45, 7) is 6.12. The van der Waals surface area contributed by atoms with Gasteiger partial charge < -0.3 is 6.92 Å². The first kappa shape index (κ1) is 8.96. The molecule has 1 aliphatic rings. The van der Waals surface area contributed by atoms with Gasteiger partial charge in [0, 0.05) is 26.6 Å². The number of rotatable bonds is 1. The molecule has 11 heavy (non-hydrogen) atoms. The summed E-state index contributed by atoms with van der Waals surface area (Å²) < 4.78 is 1.97. The summed E-state index contributed by atoms with van der Waals surface area (Å²) in [4.78, 5) is 0. The van der Waals surface area contributed by atoms with E-state index in [0.717, 1.165) is 0 Å². The van der Waals surface area contributed by atoms with Gasteiger partial charge in [-0.25, -0.2) is 0 Å². The molecule has 1 aromatic heterocycles. The van der Waals surface area contributed by atoms with E-state index in [1.54, 1.807) is 0 Å². The predicted octanol–water partition coefficient (Wildman–Crippen LogP) is 1.51. The van der Waals surface area contributed by atoms with Crippen molar-refractivity contribution in [2.75, 3.05) is 0 Å². The van der Waals surface area contributed by atoms with Crippen LogP contribution in [0.1, 0.15) is 18.4 Å². The molecule has 3 heteroatoms. The van der Waals surface area contributed by atoms with Gasteiger partial charge in [-0.2, -0.15) is 5.10 Å². The summed E-state index contributed by atoms with van der Waals surface area (Å²) in [6, 6.07) is 0. The molecule has 0 bridgehead atoms. The molecule has 0 spiro atoms. The Balaban J connectivity index is 0.000000605. The van der Waals surface area contributed by atoms with Crippen molar-refractivity contribution in [3.63, 3.8) is 0 Å². The Kier molecular flexibility index (Phi) is 2.22. The maximum absolute atomic E-state index is 4.20. The van der Waals surface area contributed by atoms with Crippen molar-refractivity contribution >= 4 is 0 Å². The van der Waals surface area contributed by atoms with E-state index in [1.165, 1.54) is 18.4 Å². The van der Waals surface area contributed by atoms with Gasteiger partial charge in [0.2, 0.25) is 0 Å². The van der Waals surface area contributed by atoms with E-state index in [9.17, 15) is 0 Å². The van der Waals surface area contributed by atoms with Crippen molar-refractivity contribution in [3.05, 3.63) is 24.9 Å². The quantitative estimate of drug-likeness (QED) is 0.717. The van der Waals surface area contributed by atoms with Crippen LogP contribution in [0.2, 0.25) is 0 Å². The van der Waals surface area contributed by atoms with Crippen molar-refractivity contribution in [1.82, 2.24) is 9.78 Å². The minimum Gasteiger partial charge on any atom is -0.316 e. The summed E-state index contributed by atoms with van der Waals surface area (Å²) >= 11 is 0. The van der Waals surface area contributed by atoms with Gasteiger partial charge in [0.15, 0.2) is 0 Å². The molecule has 1 radical (unpaired) electrons. The summed E-state index contributed by atoms with van der Waals surface area (Å²) in [7, 11) is 0. The van der Waals surface area contributed by atoms with Crippen LogP contribution < -0.4 is 0 Å². The van der Waals surface area contributed by atoms with E-state index in [2.05, 4.69) is 25.1 Å². The minimum absolute atomic E-state index is 0. The SMILES string of the molecule is [CH2-]C1(n2cc(C)cn2)CC1.[Re]. The third kappa shape index (κ3) is 1.55. The third-order valence-corrected chi connectivity index (χ3v) is 2.02. The van der Waals surface area contributed by atoms with E-state index in [1.807, 2.05) is 10.9 Å². The smallest absolute Gasteiger partial charge is 0.0518 e. The van der Waals surface area contributed by atoms with Crippen molar-refractivity contribution < 1.29 is 20.4 Å². The maximum atomic E-state index is 4.20. The molecular formula is C8H11N2Re-. The Bertz CT molecular complexity index is 250. The molecule has 1 heterocycles. The molecule has 1 aliphatic carbocycles. The number of nitrogens with zero attached hydrogens (tertiary/aromatic N) is 2. The van der Waals surface area contributed by atoms with Crippen LogP contribution in [0.3, 0.4) is 0 Å². The molecule has 0 aromatic carbocycles.